The number of H-pyrrole nitrogens is 1. The van der Waals surface area contributed by atoms with E-state index in [0.717, 1.165) is 33.9 Å². The zero-order valence-electron chi connectivity index (χ0n) is 14.9. The number of aromatic amines is 1. The maximum Gasteiger partial charge on any atom is 0.153 e. The van der Waals surface area contributed by atoms with Gasteiger partial charge in [-0.3, -0.25) is 5.10 Å². The number of hydrogen-bond acceptors (Lipinski definition) is 4. The Morgan fingerprint density at radius 1 is 1.00 bits per heavy atom. The Balaban J connectivity index is 1.44. The molecule has 0 unspecified atom stereocenters. The molecular weight excluding hydrogens is 336 g/mol. The molecule has 1 fully saturated rings. The summed E-state index contributed by atoms with van der Waals surface area (Å²) in [7, 11) is 0. The number of rotatable bonds is 6. The number of para-hydroxylation sites is 1. The van der Waals surface area contributed by atoms with Crippen molar-refractivity contribution in [1.82, 2.24) is 15.2 Å². The van der Waals surface area contributed by atoms with E-state index in [1.54, 1.807) is 0 Å². The van der Waals surface area contributed by atoms with Gasteiger partial charge in [0.05, 0.1) is 5.69 Å². The highest BCUT2D eigenvalue weighted by Crippen LogP contribution is 2.39. The van der Waals surface area contributed by atoms with Crippen LogP contribution in [0.5, 0.6) is 5.75 Å². The van der Waals surface area contributed by atoms with E-state index in [1.165, 1.54) is 18.5 Å². The number of nitrogens with one attached hydrogen (secondary N) is 2. The Kier molecular flexibility index (Phi) is 3.98. The summed E-state index contributed by atoms with van der Waals surface area (Å²) < 4.78 is 5.88. The van der Waals surface area contributed by atoms with E-state index in [2.05, 4.69) is 39.8 Å². The molecule has 5 heteroatoms. The van der Waals surface area contributed by atoms with Crippen LogP contribution in [-0.2, 0) is 6.61 Å². The number of anilines is 2. The lowest BCUT2D eigenvalue weighted by molar-refractivity contribution is 0.302. The highest BCUT2D eigenvalue weighted by atomic mass is 16.5. The van der Waals surface area contributed by atoms with E-state index in [-0.39, 0.29) is 0 Å². The van der Waals surface area contributed by atoms with Crippen LogP contribution in [0, 0.1) is 0 Å². The summed E-state index contributed by atoms with van der Waals surface area (Å²) >= 11 is 0. The Bertz CT molecular complexity index is 1070. The molecule has 2 aromatic heterocycles. The van der Waals surface area contributed by atoms with Crippen LogP contribution in [0.3, 0.4) is 0 Å². The maximum absolute atomic E-state index is 5.88. The quantitative estimate of drug-likeness (QED) is 0.501. The molecule has 27 heavy (non-hydrogen) atoms. The van der Waals surface area contributed by atoms with Gasteiger partial charge in [0.25, 0.3) is 0 Å². The molecule has 134 valence electrons. The van der Waals surface area contributed by atoms with E-state index in [1.807, 2.05) is 42.5 Å². The van der Waals surface area contributed by atoms with Gasteiger partial charge in [-0.2, -0.15) is 5.10 Å². The van der Waals surface area contributed by atoms with Crippen molar-refractivity contribution < 1.29 is 4.74 Å². The SMILES string of the molecule is c1ccc(OCc2cc3ccccc3c(Nc3cc(C4CC4)[nH]n3)n2)cc1. The minimum atomic E-state index is 0.414. The molecule has 1 saturated carbocycles. The predicted octanol–water partition coefficient (Wildman–Crippen LogP) is 5.16. The number of benzene rings is 2. The first kappa shape index (κ1) is 15.9. The van der Waals surface area contributed by atoms with Gasteiger partial charge in [0.2, 0.25) is 0 Å². The van der Waals surface area contributed by atoms with E-state index in [0.29, 0.717) is 12.5 Å². The Hall–Kier alpha value is -3.34. The zero-order chi connectivity index (χ0) is 18.1. The smallest absolute Gasteiger partial charge is 0.153 e. The number of ether oxygens (including phenoxy) is 1. The molecule has 4 aromatic rings. The molecule has 1 aliphatic rings. The summed E-state index contributed by atoms with van der Waals surface area (Å²) in [6.07, 6.45) is 2.49. The van der Waals surface area contributed by atoms with Gasteiger partial charge in [-0.05, 0) is 36.4 Å². The molecule has 5 nitrogen and oxygen atoms in total. The zero-order valence-corrected chi connectivity index (χ0v) is 14.9. The fourth-order valence-corrected chi connectivity index (χ4v) is 3.22. The third-order valence-electron chi connectivity index (χ3n) is 4.78. The monoisotopic (exact) mass is 356 g/mol. The molecule has 0 aliphatic heterocycles. The van der Waals surface area contributed by atoms with Crippen molar-refractivity contribution in [3.63, 3.8) is 0 Å². The summed E-state index contributed by atoms with van der Waals surface area (Å²) in [6.45, 7) is 0.414. The van der Waals surface area contributed by atoms with Crippen LogP contribution < -0.4 is 10.1 Å². The average molecular weight is 356 g/mol. The van der Waals surface area contributed by atoms with Crippen molar-refractivity contribution >= 4 is 22.4 Å². The van der Waals surface area contributed by atoms with Crippen molar-refractivity contribution in [2.24, 2.45) is 0 Å². The maximum atomic E-state index is 5.88. The lowest BCUT2D eigenvalue weighted by atomic mass is 10.1. The van der Waals surface area contributed by atoms with Gasteiger partial charge in [0, 0.05) is 23.1 Å². The van der Waals surface area contributed by atoms with Crippen molar-refractivity contribution in [3.8, 4) is 5.75 Å². The van der Waals surface area contributed by atoms with Gasteiger partial charge >= 0.3 is 0 Å². The highest BCUT2D eigenvalue weighted by molar-refractivity contribution is 5.93. The molecular formula is C22H20N4O. The third-order valence-corrected chi connectivity index (χ3v) is 4.78. The van der Waals surface area contributed by atoms with E-state index in [4.69, 9.17) is 9.72 Å². The second-order valence-electron chi connectivity index (χ2n) is 6.89. The summed E-state index contributed by atoms with van der Waals surface area (Å²) in [6, 6.07) is 22.2. The van der Waals surface area contributed by atoms with Gasteiger partial charge < -0.3 is 10.1 Å². The molecule has 0 spiro atoms. The van der Waals surface area contributed by atoms with Crippen molar-refractivity contribution in [3.05, 3.63) is 78.1 Å². The van der Waals surface area contributed by atoms with Crippen LogP contribution in [-0.4, -0.2) is 15.2 Å². The van der Waals surface area contributed by atoms with Gasteiger partial charge in [0.1, 0.15) is 18.2 Å². The summed E-state index contributed by atoms with van der Waals surface area (Å²) in [5.74, 6) is 3.08. The number of fused-ring (bicyclic) bond motifs is 1. The van der Waals surface area contributed by atoms with Crippen LogP contribution in [0.2, 0.25) is 0 Å². The highest BCUT2D eigenvalue weighted by Gasteiger charge is 2.25. The van der Waals surface area contributed by atoms with Crippen molar-refractivity contribution in [1.29, 1.82) is 0 Å². The lowest BCUT2D eigenvalue weighted by Crippen LogP contribution is -2.02. The van der Waals surface area contributed by atoms with Crippen LogP contribution in [0.1, 0.15) is 30.1 Å². The third kappa shape index (κ3) is 3.49. The molecule has 0 bridgehead atoms. The van der Waals surface area contributed by atoms with Crippen LogP contribution in [0.4, 0.5) is 11.6 Å². The molecule has 2 heterocycles. The summed E-state index contributed by atoms with van der Waals surface area (Å²) in [5.41, 5.74) is 2.07. The first-order valence-corrected chi connectivity index (χ1v) is 9.24. The largest absolute Gasteiger partial charge is 0.487 e. The molecule has 1 aliphatic carbocycles. The number of hydrogen-bond donors (Lipinski definition) is 2. The van der Waals surface area contributed by atoms with Gasteiger partial charge in [0.15, 0.2) is 5.82 Å². The second kappa shape index (κ2) is 6.76. The standard InChI is InChI=1S/C22H20N4O/c1-2-7-18(8-3-1)27-14-17-12-16-6-4-5-9-19(16)22(23-17)24-21-13-20(25-26-21)15-10-11-15/h1-9,12-13,15H,10-11,14H2,(H2,23,24,25,26). The van der Waals surface area contributed by atoms with Crippen molar-refractivity contribution in [2.75, 3.05) is 5.32 Å². The summed E-state index contributed by atoms with van der Waals surface area (Å²) in [4.78, 5) is 4.79. The molecule has 0 radical (unpaired) electrons. The normalized spacial score (nSPS) is 13.6. The van der Waals surface area contributed by atoms with Gasteiger partial charge in [-0.1, -0.05) is 42.5 Å². The Morgan fingerprint density at radius 2 is 1.81 bits per heavy atom. The fraction of sp³-hybridized carbons (Fsp3) is 0.182. The molecule has 0 atom stereocenters. The molecule has 5 rings (SSSR count). The van der Waals surface area contributed by atoms with Crippen LogP contribution in [0.25, 0.3) is 10.8 Å². The lowest BCUT2D eigenvalue weighted by Gasteiger charge is -2.11. The summed E-state index contributed by atoms with van der Waals surface area (Å²) in [5, 5.41) is 13.1. The first-order chi connectivity index (χ1) is 13.3. The predicted molar refractivity (Wildman–Crippen MR) is 106 cm³/mol. The molecule has 0 saturated heterocycles. The Labute approximate surface area is 157 Å². The second-order valence-corrected chi connectivity index (χ2v) is 6.89. The van der Waals surface area contributed by atoms with Crippen molar-refractivity contribution in [2.45, 2.75) is 25.4 Å². The van der Waals surface area contributed by atoms with Gasteiger partial charge in [-0.15, -0.1) is 0 Å². The van der Waals surface area contributed by atoms with Gasteiger partial charge in [-0.25, -0.2) is 4.98 Å². The molecule has 2 aromatic carbocycles. The minimum absolute atomic E-state index is 0.414. The fourth-order valence-electron chi connectivity index (χ4n) is 3.22. The van der Waals surface area contributed by atoms with Crippen LogP contribution >= 0.6 is 0 Å². The van der Waals surface area contributed by atoms with E-state index < -0.39 is 0 Å². The molecule has 2 N–H and O–H groups in total. The minimum Gasteiger partial charge on any atom is -0.487 e. The molecule has 0 amide bonds. The number of pyridine rings is 1. The van der Waals surface area contributed by atoms with E-state index in [9.17, 15) is 0 Å². The average Bonchev–Trinajstić information content (AvgIpc) is 3.46. The Morgan fingerprint density at radius 3 is 2.67 bits per heavy atom. The van der Waals surface area contributed by atoms with E-state index >= 15 is 0 Å². The first-order valence-electron chi connectivity index (χ1n) is 9.24. The topological polar surface area (TPSA) is 62.8 Å². The number of aromatic nitrogens is 3. The van der Waals surface area contributed by atoms with Crippen LogP contribution in [0.15, 0.2) is 66.7 Å². The number of nitrogens with zero attached hydrogens (tertiary/aromatic N) is 2.